The van der Waals surface area contributed by atoms with Crippen LogP contribution in [0, 0.1) is 0 Å². The normalized spacial score (nSPS) is 20.8. The SMILES string of the molecule is CC.CC12CCCCN1C(=S)N(c1ccc(NC(=O)c3cscn3)cc1Cl)C2=O. The van der Waals surface area contributed by atoms with Crippen molar-refractivity contribution in [2.75, 3.05) is 16.8 Å². The highest BCUT2D eigenvalue weighted by atomic mass is 35.5. The number of hydrogen-bond donors (Lipinski definition) is 1. The predicted octanol–water partition coefficient (Wildman–Crippen LogP) is 4.95. The third kappa shape index (κ3) is 3.89. The van der Waals surface area contributed by atoms with Gasteiger partial charge in [0.15, 0.2) is 5.11 Å². The summed E-state index contributed by atoms with van der Waals surface area (Å²) in [7, 11) is 0. The minimum atomic E-state index is -0.601. The standard InChI is InChI=1S/C18H17ClN4O2S2.C2H6/c1-18-6-2-3-7-22(18)17(26)23(16(18)25)14-5-4-11(8-12(14)19)21-15(24)13-9-27-10-20-13;1-2/h4-5,8-10H,2-3,6-7H2,1H3,(H,21,24);1-2H3. The highest BCUT2D eigenvalue weighted by Gasteiger charge is 2.53. The number of aromatic nitrogens is 1. The third-order valence-corrected chi connectivity index (χ3v) is 6.38. The number of anilines is 2. The number of amides is 2. The van der Waals surface area contributed by atoms with E-state index in [2.05, 4.69) is 10.3 Å². The van der Waals surface area contributed by atoms with Gasteiger partial charge in [0.1, 0.15) is 11.2 Å². The van der Waals surface area contributed by atoms with Gasteiger partial charge in [0.05, 0.1) is 16.2 Å². The van der Waals surface area contributed by atoms with Crippen molar-refractivity contribution in [2.45, 2.75) is 45.6 Å². The van der Waals surface area contributed by atoms with Crippen LogP contribution in [0.3, 0.4) is 0 Å². The van der Waals surface area contributed by atoms with Crippen molar-refractivity contribution in [1.82, 2.24) is 9.88 Å². The zero-order chi connectivity index (χ0) is 21.2. The maximum Gasteiger partial charge on any atom is 0.275 e. The minimum absolute atomic E-state index is 0.0478. The van der Waals surface area contributed by atoms with E-state index in [1.807, 2.05) is 25.7 Å². The van der Waals surface area contributed by atoms with Crippen molar-refractivity contribution in [3.8, 4) is 0 Å². The molecule has 0 aliphatic carbocycles. The molecule has 2 saturated heterocycles. The molecule has 2 aliphatic heterocycles. The van der Waals surface area contributed by atoms with E-state index in [4.69, 9.17) is 23.8 Å². The maximum atomic E-state index is 13.1. The highest BCUT2D eigenvalue weighted by molar-refractivity contribution is 7.80. The lowest BCUT2D eigenvalue weighted by molar-refractivity contribution is -0.125. The first kappa shape index (κ1) is 21.7. The van der Waals surface area contributed by atoms with Crippen molar-refractivity contribution in [1.29, 1.82) is 0 Å². The number of nitrogens with one attached hydrogen (secondary N) is 1. The second-order valence-corrected chi connectivity index (χ2v) is 8.29. The van der Waals surface area contributed by atoms with Crippen molar-refractivity contribution in [3.63, 3.8) is 0 Å². The van der Waals surface area contributed by atoms with E-state index in [1.54, 1.807) is 29.1 Å². The van der Waals surface area contributed by atoms with Gasteiger partial charge in [0, 0.05) is 17.6 Å². The number of fused-ring (bicyclic) bond motifs is 1. The number of nitrogens with zero attached hydrogens (tertiary/aromatic N) is 3. The maximum absolute atomic E-state index is 13.1. The largest absolute Gasteiger partial charge is 0.334 e. The second-order valence-electron chi connectivity index (χ2n) is 6.80. The Balaban J connectivity index is 0.00000117. The Morgan fingerprint density at radius 2 is 2.10 bits per heavy atom. The van der Waals surface area contributed by atoms with E-state index in [1.165, 1.54) is 16.2 Å². The summed E-state index contributed by atoms with van der Waals surface area (Å²) >= 11 is 13.4. The first-order valence-electron chi connectivity index (χ1n) is 9.57. The van der Waals surface area contributed by atoms with Gasteiger partial charge in [0.25, 0.3) is 11.8 Å². The van der Waals surface area contributed by atoms with E-state index >= 15 is 0 Å². The molecule has 0 radical (unpaired) electrons. The van der Waals surface area contributed by atoms with Gasteiger partial charge in [-0.25, -0.2) is 4.98 Å². The van der Waals surface area contributed by atoms with Crippen LogP contribution in [0.2, 0.25) is 5.02 Å². The van der Waals surface area contributed by atoms with Gasteiger partial charge in [-0.15, -0.1) is 11.3 Å². The van der Waals surface area contributed by atoms with Crippen molar-refractivity contribution >= 4 is 63.5 Å². The summed E-state index contributed by atoms with van der Waals surface area (Å²) in [5, 5.41) is 5.27. The van der Waals surface area contributed by atoms with Crippen LogP contribution in [0.4, 0.5) is 11.4 Å². The number of carbonyl (C=O) groups excluding carboxylic acids is 2. The lowest BCUT2D eigenvalue weighted by atomic mass is 9.89. The Labute approximate surface area is 184 Å². The zero-order valence-corrected chi connectivity index (χ0v) is 19.0. The molecule has 2 aromatic rings. The van der Waals surface area contributed by atoms with E-state index < -0.39 is 5.54 Å². The topological polar surface area (TPSA) is 65.5 Å². The van der Waals surface area contributed by atoms with E-state index in [0.29, 0.717) is 27.2 Å². The van der Waals surface area contributed by atoms with E-state index in [0.717, 1.165) is 25.8 Å². The number of piperidine rings is 1. The van der Waals surface area contributed by atoms with Crippen molar-refractivity contribution in [3.05, 3.63) is 39.8 Å². The summed E-state index contributed by atoms with van der Waals surface area (Å²) < 4.78 is 0. The lowest BCUT2D eigenvalue weighted by Gasteiger charge is -2.36. The zero-order valence-electron chi connectivity index (χ0n) is 16.6. The molecule has 0 spiro atoms. The summed E-state index contributed by atoms with van der Waals surface area (Å²) in [5.74, 6) is -0.356. The summed E-state index contributed by atoms with van der Waals surface area (Å²) in [6.45, 7) is 6.72. The molecule has 1 unspecified atom stereocenters. The number of thiazole rings is 1. The van der Waals surface area contributed by atoms with Gasteiger partial charge in [-0.2, -0.15) is 0 Å². The predicted molar refractivity (Wildman–Crippen MR) is 122 cm³/mol. The minimum Gasteiger partial charge on any atom is -0.334 e. The van der Waals surface area contributed by atoms with Crippen LogP contribution in [0.25, 0.3) is 0 Å². The first-order chi connectivity index (χ1) is 13.9. The number of hydrogen-bond acceptors (Lipinski definition) is 5. The molecule has 1 N–H and O–H groups in total. The van der Waals surface area contributed by atoms with E-state index in [-0.39, 0.29) is 11.8 Å². The second kappa shape index (κ2) is 8.77. The Kier molecular flexibility index (Phi) is 6.55. The van der Waals surface area contributed by atoms with Crippen LogP contribution >= 0.6 is 35.2 Å². The van der Waals surface area contributed by atoms with Crippen LogP contribution in [0.15, 0.2) is 29.1 Å². The van der Waals surface area contributed by atoms with Crippen LogP contribution in [0.5, 0.6) is 0 Å². The van der Waals surface area contributed by atoms with Gasteiger partial charge in [-0.3, -0.25) is 14.5 Å². The number of carbonyl (C=O) groups is 2. The highest BCUT2D eigenvalue weighted by Crippen LogP contribution is 2.41. The van der Waals surface area contributed by atoms with Crippen molar-refractivity contribution in [2.24, 2.45) is 0 Å². The molecule has 0 saturated carbocycles. The molecule has 2 aliphatic rings. The summed E-state index contributed by atoms with van der Waals surface area (Å²) in [6, 6.07) is 5.04. The van der Waals surface area contributed by atoms with Gasteiger partial charge in [-0.1, -0.05) is 25.4 Å². The molecule has 9 heteroatoms. The van der Waals surface area contributed by atoms with Crippen LogP contribution in [-0.4, -0.2) is 38.9 Å². The Bertz CT molecular complexity index is 935. The Morgan fingerprint density at radius 1 is 1.34 bits per heavy atom. The van der Waals surface area contributed by atoms with Crippen LogP contribution in [0.1, 0.15) is 50.5 Å². The molecule has 1 aromatic heterocycles. The van der Waals surface area contributed by atoms with Crippen molar-refractivity contribution < 1.29 is 9.59 Å². The molecule has 1 atom stereocenters. The summed E-state index contributed by atoms with van der Waals surface area (Å²) in [6.07, 6.45) is 2.80. The molecule has 2 amide bonds. The Hall–Kier alpha value is -2.03. The number of benzene rings is 1. The number of halogens is 1. The fraction of sp³-hybridized carbons (Fsp3) is 0.400. The Morgan fingerprint density at radius 3 is 2.72 bits per heavy atom. The number of thiocarbonyl (C=S) groups is 1. The average Bonchev–Trinajstić information content (AvgIpc) is 3.32. The molecular weight excluding hydrogens is 428 g/mol. The number of rotatable bonds is 3. The first-order valence-corrected chi connectivity index (χ1v) is 11.3. The molecule has 1 aromatic carbocycles. The quantitative estimate of drug-likeness (QED) is 0.670. The monoisotopic (exact) mass is 450 g/mol. The molecule has 4 rings (SSSR count). The van der Waals surface area contributed by atoms with Crippen LogP contribution in [-0.2, 0) is 4.79 Å². The fourth-order valence-electron chi connectivity index (χ4n) is 3.60. The molecular formula is C20H23ClN4O2S2. The molecule has 0 bridgehead atoms. The van der Waals surface area contributed by atoms with E-state index in [9.17, 15) is 9.59 Å². The fourth-order valence-corrected chi connectivity index (χ4v) is 4.87. The van der Waals surface area contributed by atoms with Gasteiger partial charge < -0.3 is 10.2 Å². The summed E-state index contributed by atoms with van der Waals surface area (Å²) in [5.41, 5.74) is 2.41. The smallest absolute Gasteiger partial charge is 0.275 e. The lowest BCUT2D eigenvalue weighted by Crippen LogP contribution is -2.49. The molecule has 2 fully saturated rings. The molecule has 6 nitrogen and oxygen atoms in total. The molecule has 154 valence electrons. The molecule has 29 heavy (non-hydrogen) atoms. The van der Waals surface area contributed by atoms with Gasteiger partial charge in [0.2, 0.25) is 0 Å². The van der Waals surface area contributed by atoms with Gasteiger partial charge >= 0.3 is 0 Å². The molecule has 3 heterocycles. The third-order valence-electron chi connectivity index (χ3n) is 5.09. The van der Waals surface area contributed by atoms with Gasteiger partial charge in [-0.05, 0) is 56.6 Å². The summed E-state index contributed by atoms with van der Waals surface area (Å²) in [4.78, 5) is 32.8. The average molecular weight is 451 g/mol. The van der Waals surface area contributed by atoms with Crippen LogP contribution < -0.4 is 10.2 Å².